The lowest BCUT2D eigenvalue weighted by Crippen LogP contribution is -2.43. The topological polar surface area (TPSA) is 41.4 Å². The Morgan fingerprint density at radius 1 is 1.12 bits per heavy atom. The lowest BCUT2D eigenvalue weighted by molar-refractivity contribution is -0.123. The Kier molecular flexibility index (Phi) is 4.87. The Hall–Kier alpha value is -2.99. The maximum atomic E-state index is 15.2. The molecule has 1 saturated carbocycles. The lowest BCUT2D eigenvalue weighted by Gasteiger charge is -2.27. The van der Waals surface area contributed by atoms with Gasteiger partial charge in [0.05, 0.1) is 18.2 Å². The van der Waals surface area contributed by atoms with E-state index in [-0.39, 0.29) is 18.3 Å². The van der Waals surface area contributed by atoms with Crippen LogP contribution in [0.4, 0.5) is 10.1 Å². The van der Waals surface area contributed by atoms with E-state index in [0.717, 1.165) is 41.9 Å². The molecule has 3 aliphatic rings. The van der Waals surface area contributed by atoms with E-state index in [2.05, 4.69) is 16.1 Å². The van der Waals surface area contributed by atoms with Gasteiger partial charge < -0.3 is 4.90 Å². The van der Waals surface area contributed by atoms with Gasteiger partial charge in [-0.15, -0.1) is 0 Å². The van der Waals surface area contributed by atoms with Crippen molar-refractivity contribution >= 4 is 11.6 Å². The molecule has 2 fully saturated rings. The highest BCUT2D eigenvalue weighted by atomic mass is 19.1. The number of aryl methyl sites for hydroxylation is 1. The summed E-state index contributed by atoms with van der Waals surface area (Å²) in [4.78, 5) is 18.3. The predicted octanol–water partition coefficient (Wildman–Crippen LogP) is 4.66. The van der Waals surface area contributed by atoms with Crippen LogP contribution in [0.3, 0.4) is 0 Å². The number of rotatable bonds is 4. The molecule has 170 valence electrons. The van der Waals surface area contributed by atoms with Gasteiger partial charge in [-0.25, -0.2) is 4.39 Å². The zero-order chi connectivity index (χ0) is 22.6. The molecule has 0 N–H and O–H groups in total. The fraction of sp³-hybridized carbons (Fsp3) is 0.407. The van der Waals surface area contributed by atoms with Crippen molar-refractivity contribution < 1.29 is 9.18 Å². The molecule has 33 heavy (non-hydrogen) atoms. The standard InChI is InChI=1S/C27H29FN4O/c1-30-16-21(15-29-30)19-10-11-20(24(28)14-19)17-32-25-9-5-4-8-23(25)27(26(32)33)12-13-31(18-27)22-6-2-3-7-22/h4-5,8-11,14-16,22H,2-3,6-7,12-13,17-18H2,1H3. The van der Waals surface area contributed by atoms with Crippen molar-refractivity contribution in [3.8, 4) is 11.1 Å². The molecule has 1 aliphatic carbocycles. The maximum absolute atomic E-state index is 15.2. The Morgan fingerprint density at radius 3 is 2.70 bits per heavy atom. The summed E-state index contributed by atoms with van der Waals surface area (Å²) in [5, 5.41) is 4.18. The van der Waals surface area contributed by atoms with Gasteiger partial charge in [0.1, 0.15) is 5.82 Å². The van der Waals surface area contributed by atoms with Gasteiger partial charge in [0.15, 0.2) is 0 Å². The number of likely N-dealkylation sites (tertiary alicyclic amines) is 1. The van der Waals surface area contributed by atoms with E-state index in [0.29, 0.717) is 11.6 Å². The van der Waals surface area contributed by atoms with Crippen molar-refractivity contribution in [2.45, 2.75) is 50.1 Å². The van der Waals surface area contributed by atoms with Gasteiger partial charge in [-0.1, -0.05) is 43.2 Å². The Balaban J connectivity index is 1.30. The molecule has 1 atom stereocenters. The number of hydrogen-bond donors (Lipinski definition) is 0. The molecule has 1 spiro atoms. The summed E-state index contributed by atoms with van der Waals surface area (Å²) in [6.07, 6.45) is 9.51. The third-order valence-corrected chi connectivity index (χ3v) is 7.92. The number of carbonyl (C=O) groups excluding carboxylic acids is 1. The number of amides is 1. The van der Waals surface area contributed by atoms with Gasteiger partial charge in [0, 0.05) is 42.6 Å². The van der Waals surface area contributed by atoms with Crippen molar-refractivity contribution in [1.29, 1.82) is 0 Å². The van der Waals surface area contributed by atoms with Crippen molar-refractivity contribution in [2.24, 2.45) is 7.05 Å². The number of carbonyl (C=O) groups is 1. The first-order valence-corrected chi connectivity index (χ1v) is 12.0. The van der Waals surface area contributed by atoms with Gasteiger partial charge >= 0.3 is 0 Å². The molecule has 3 heterocycles. The van der Waals surface area contributed by atoms with E-state index in [1.54, 1.807) is 23.0 Å². The minimum absolute atomic E-state index is 0.125. The number of halogens is 1. The molecule has 1 unspecified atom stereocenters. The molecule has 6 rings (SSSR count). The molecule has 3 aromatic rings. The predicted molar refractivity (Wildman–Crippen MR) is 126 cm³/mol. The highest BCUT2D eigenvalue weighted by Gasteiger charge is 2.55. The summed E-state index contributed by atoms with van der Waals surface area (Å²) in [6, 6.07) is 14.0. The molecular weight excluding hydrogens is 415 g/mol. The van der Waals surface area contributed by atoms with Crippen molar-refractivity contribution in [3.05, 3.63) is 71.8 Å². The molecule has 6 heteroatoms. The first kappa shape index (κ1) is 20.6. The molecule has 1 amide bonds. The smallest absolute Gasteiger partial charge is 0.239 e. The second-order valence-electron chi connectivity index (χ2n) is 9.86. The Morgan fingerprint density at radius 2 is 1.94 bits per heavy atom. The molecule has 1 aromatic heterocycles. The zero-order valence-corrected chi connectivity index (χ0v) is 19.0. The summed E-state index contributed by atoms with van der Waals surface area (Å²) in [7, 11) is 1.84. The molecule has 2 aromatic carbocycles. The van der Waals surface area contributed by atoms with Crippen LogP contribution in [-0.2, 0) is 23.8 Å². The van der Waals surface area contributed by atoms with Crippen LogP contribution in [0.2, 0.25) is 0 Å². The molecule has 0 radical (unpaired) electrons. The average molecular weight is 445 g/mol. The number of fused-ring (bicyclic) bond motifs is 2. The molecule has 2 aliphatic heterocycles. The number of nitrogens with zero attached hydrogens (tertiary/aromatic N) is 4. The summed E-state index contributed by atoms with van der Waals surface area (Å²) in [5.41, 5.74) is 3.76. The first-order valence-electron chi connectivity index (χ1n) is 12.0. The Labute approximate surface area is 193 Å². The fourth-order valence-corrected chi connectivity index (χ4v) is 6.16. The molecule has 0 bridgehead atoms. The second-order valence-corrected chi connectivity index (χ2v) is 9.86. The summed E-state index contributed by atoms with van der Waals surface area (Å²) in [6.45, 7) is 2.00. The minimum Gasteiger partial charge on any atom is -0.307 e. The Bertz CT molecular complexity index is 1210. The minimum atomic E-state index is -0.495. The third-order valence-electron chi connectivity index (χ3n) is 7.92. The van der Waals surface area contributed by atoms with Crippen molar-refractivity contribution in [3.63, 3.8) is 0 Å². The van der Waals surface area contributed by atoms with Gasteiger partial charge in [-0.2, -0.15) is 5.10 Å². The van der Waals surface area contributed by atoms with Crippen LogP contribution in [0.25, 0.3) is 11.1 Å². The fourth-order valence-electron chi connectivity index (χ4n) is 6.16. The van der Waals surface area contributed by atoms with Gasteiger partial charge in [-0.3, -0.25) is 14.4 Å². The van der Waals surface area contributed by atoms with E-state index < -0.39 is 5.41 Å². The second kappa shape index (κ2) is 7.80. The monoisotopic (exact) mass is 444 g/mol. The zero-order valence-electron chi connectivity index (χ0n) is 19.0. The molecule has 1 saturated heterocycles. The van der Waals surface area contributed by atoms with Crippen LogP contribution in [0.5, 0.6) is 0 Å². The molecular formula is C27H29FN4O. The quantitative estimate of drug-likeness (QED) is 0.588. The van der Waals surface area contributed by atoms with E-state index in [1.165, 1.54) is 25.7 Å². The van der Waals surface area contributed by atoms with Crippen LogP contribution < -0.4 is 4.90 Å². The van der Waals surface area contributed by atoms with Crippen LogP contribution in [-0.4, -0.2) is 39.7 Å². The maximum Gasteiger partial charge on any atom is 0.239 e. The van der Waals surface area contributed by atoms with E-state index in [4.69, 9.17) is 0 Å². The first-order chi connectivity index (χ1) is 16.0. The van der Waals surface area contributed by atoms with Crippen LogP contribution in [0.1, 0.15) is 43.2 Å². The van der Waals surface area contributed by atoms with Crippen LogP contribution >= 0.6 is 0 Å². The van der Waals surface area contributed by atoms with Crippen molar-refractivity contribution in [1.82, 2.24) is 14.7 Å². The number of aromatic nitrogens is 2. The molecule has 5 nitrogen and oxygen atoms in total. The van der Waals surface area contributed by atoms with Gasteiger partial charge in [-0.05, 0) is 49.1 Å². The van der Waals surface area contributed by atoms with Crippen LogP contribution in [0, 0.1) is 5.82 Å². The summed E-state index contributed by atoms with van der Waals surface area (Å²) < 4.78 is 16.9. The number of hydrogen-bond acceptors (Lipinski definition) is 3. The highest BCUT2D eigenvalue weighted by Crippen LogP contribution is 2.49. The highest BCUT2D eigenvalue weighted by molar-refractivity contribution is 6.08. The van der Waals surface area contributed by atoms with Crippen LogP contribution in [0.15, 0.2) is 54.9 Å². The summed E-state index contributed by atoms with van der Waals surface area (Å²) >= 11 is 0. The van der Waals surface area contributed by atoms with E-state index in [1.807, 2.05) is 42.4 Å². The summed E-state index contributed by atoms with van der Waals surface area (Å²) in [5.74, 6) is -0.165. The van der Waals surface area contributed by atoms with Crippen molar-refractivity contribution in [2.75, 3.05) is 18.0 Å². The SMILES string of the molecule is Cn1cc(-c2ccc(CN3C(=O)C4(CCN(C5CCCC5)C4)c4ccccc43)c(F)c2)cn1. The average Bonchev–Trinajstić information content (AvgIpc) is 3.61. The van der Waals surface area contributed by atoms with E-state index in [9.17, 15) is 4.79 Å². The number of anilines is 1. The number of para-hydroxylation sites is 1. The van der Waals surface area contributed by atoms with E-state index >= 15 is 4.39 Å². The normalized spacial score (nSPS) is 23.2. The van der Waals surface area contributed by atoms with Gasteiger partial charge in [0.2, 0.25) is 5.91 Å². The third kappa shape index (κ3) is 3.31. The van der Waals surface area contributed by atoms with Gasteiger partial charge in [0.25, 0.3) is 0 Å². The lowest BCUT2D eigenvalue weighted by atomic mass is 9.81. The largest absolute Gasteiger partial charge is 0.307 e. The number of benzene rings is 2.